The van der Waals surface area contributed by atoms with Crippen LogP contribution in [0.5, 0.6) is 5.75 Å². The monoisotopic (exact) mass is 324 g/mol. The lowest BCUT2D eigenvalue weighted by Crippen LogP contribution is -2.30. The molecule has 0 saturated heterocycles. The molecule has 0 fully saturated rings. The molecule has 5 heteroatoms. The minimum absolute atomic E-state index is 0.114. The molecular formula is C19H20N2O3. The van der Waals surface area contributed by atoms with Crippen molar-refractivity contribution in [2.75, 3.05) is 6.61 Å². The molecule has 0 bridgehead atoms. The van der Waals surface area contributed by atoms with Crippen LogP contribution in [0.3, 0.4) is 0 Å². The summed E-state index contributed by atoms with van der Waals surface area (Å²) >= 11 is 0. The molecule has 0 aliphatic heterocycles. The topological polar surface area (TPSA) is 64.3 Å². The van der Waals surface area contributed by atoms with Gasteiger partial charge in [0.1, 0.15) is 18.5 Å². The second-order valence-electron chi connectivity index (χ2n) is 5.95. The third-order valence-electron chi connectivity index (χ3n) is 3.90. The molecule has 124 valence electrons. The third kappa shape index (κ3) is 3.46. The van der Waals surface area contributed by atoms with E-state index in [1.165, 1.54) is 10.9 Å². The Balaban J connectivity index is 1.70. The van der Waals surface area contributed by atoms with E-state index in [2.05, 4.69) is 4.98 Å². The van der Waals surface area contributed by atoms with Crippen molar-refractivity contribution in [1.82, 2.24) is 9.55 Å². The van der Waals surface area contributed by atoms with E-state index in [1.54, 1.807) is 18.2 Å². The van der Waals surface area contributed by atoms with Gasteiger partial charge in [-0.05, 0) is 37.6 Å². The Kier molecular flexibility index (Phi) is 4.62. The summed E-state index contributed by atoms with van der Waals surface area (Å²) in [6.07, 6.45) is 0.664. The van der Waals surface area contributed by atoms with Gasteiger partial charge in [0.05, 0.1) is 23.8 Å². The van der Waals surface area contributed by atoms with Crippen LogP contribution < -0.4 is 10.3 Å². The first-order valence-corrected chi connectivity index (χ1v) is 7.87. The van der Waals surface area contributed by atoms with Crippen molar-refractivity contribution in [3.63, 3.8) is 0 Å². The number of rotatable bonds is 5. The summed E-state index contributed by atoms with van der Waals surface area (Å²) in [5.41, 5.74) is 2.67. The van der Waals surface area contributed by atoms with E-state index in [0.717, 1.165) is 16.9 Å². The van der Waals surface area contributed by atoms with E-state index in [1.807, 2.05) is 38.1 Å². The number of para-hydroxylation sites is 1. The van der Waals surface area contributed by atoms with Crippen LogP contribution in [0.1, 0.15) is 11.1 Å². The summed E-state index contributed by atoms with van der Waals surface area (Å²) < 4.78 is 7.08. The zero-order valence-electron chi connectivity index (χ0n) is 13.8. The van der Waals surface area contributed by atoms with Gasteiger partial charge in [-0.3, -0.25) is 9.36 Å². The van der Waals surface area contributed by atoms with Crippen LogP contribution in [0.25, 0.3) is 10.9 Å². The zero-order chi connectivity index (χ0) is 17.1. The van der Waals surface area contributed by atoms with Crippen molar-refractivity contribution in [1.29, 1.82) is 0 Å². The lowest BCUT2D eigenvalue weighted by molar-refractivity contribution is 0.0911. The van der Waals surface area contributed by atoms with E-state index in [0.29, 0.717) is 10.9 Å². The summed E-state index contributed by atoms with van der Waals surface area (Å²) in [7, 11) is 0. The number of aryl methyl sites for hydroxylation is 2. The molecule has 3 rings (SSSR count). The average Bonchev–Trinajstić information content (AvgIpc) is 2.57. The minimum Gasteiger partial charge on any atom is -0.491 e. The number of nitrogens with zero attached hydrogens (tertiary/aromatic N) is 2. The van der Waals surface area contributed by atoms with Crippen molar-refractivity contribution < 1.29 is 9.84 Å². The molecule has 0 spiro atoms. The first kappa shape index (κ1) is 16.2. The lowest BCUT2D eigenvalue weighted by Gasteiger charge is -2.15. The molecule has 3 aromatic rings. The van der Waals surface area contributed by atoms with Gasteiger partial charge in [0, 0.05) is 0 Å². The number of ether oxygens (including phenoxy) is 1. The molecule has 0 saturated carbocycles. The smallest absolute Gasteiger partial charge is 0.261 e. The number of aliphatic hydroxyl groups is 1. The van der Waals surface area contributed by atoms with Crippen molar-refractivity contribution in [3.8, 4) is 5.75 Å². The van der Waals surface area contributed by atoms with Crippen LogP contribution in [0, 0.1) is 13.8 Å². The van der Waals surface area contributed by atoms with Gasteiger partial charge >= 0.3 is 0 Å². The molecule has 1 unspecified atom stereocenters. The summed E-state index contributed by atoms with van der Waals surface area (Å²) in [5, 5.41) is 10.7. The van der Waals surface area contributed by atoms with Gasteiger partial charge in [-0.25, -0.2) is 4.98 Å². The average molecular weight is 324 g/mol. The number of fused-ring (bicyclic) bond motifs is 1. The van der Waals surface area contributed by atoms with Crippen LogP contribution in [0.4, 0.5) is 0 Å². The van der Waals surface area contributed by atoms with Gasteiger partial charge < -0.3 is 9.84 Å². The molecule has 5 nitrogen and oxygen atoms in total. The molecule has 1 atom stereocenters. The second-order valence-corrected chi connectivity index (χ2v) is 5.95. The van der Waals surface area contributed by atoms with Crippen LogP contribution in [-0.2, 0) is 6.54 Å². The van der Waals surface area contributed by atoms with Crippen molar-refractivity contribution in [2.45, 2.75) is 26.5 Å². The normalized spacial score (nSPS) is 12.3. The molecule has 0 radical (unpaired) electrons. The highest BCUT2D eigenvalue weighted by atomic mass is 16.5. The largest absolute Gasteiger partial charge is 0.491 e. The Hall–Kier alpha value is -2.66. The van der Waals surface area contributed by atoms with Crippen LogP contribution in [0.15, 0.2) is 53.6 Å². The summed E-state index contributed by atoms with van der Waals surface area (Å²) in [5.74, 6) is 0.739. The Morgan fingerprint density at radius 2 is 2.00 bits per heavy atom. The standard InChI is InChI=1S/C19H20N2O3/c1-13-7-8-18(14(2)9-13)24-11-15(22)10-21-12-20-17-6-4-3-5-16(17)19(21)23/h3-9,12,15,22H,10-11H2,1-2H3. The van der Waals surface area contributed by atoms with Gasteiger partial charge in [-0.2, -0.15) is 0 Å². The van der Waals surface area contributed by atoms with Gasteiger partial charge in [0.2, 0.25) is 0 Å². The van der Waals surface area contributed by atoms with E-state index in [9.17, 15) is 9.90 Å². The van der Waals surface area contributed by atoms with Crippen LogP contribution in [-0.4, -0.2) is 27.4 Å². The predicted octanol–water partition coefficient (Wildman–Crippen LogP) is 2.45. The number of aromatic nitrogens is 2. The fourth-order valence-electron chi connectivity index (χ4n) is 2.66. The molecule has 1 N–H and O–H groups in total. The molecule has 2 aromatic carbocycles. The number of benzene rings is 2. The predicted molar refractivity (Wildman–Crippen MR) is 93.4 cm³/mol. The van der Waals surface area contributed by atoms with E-state index in [4.69, 9.17) is 4.74 Å². The van der Waals surface area contributed by atoms with Gasteiger partial charge in [0.25, 0.3) is 5.56 Å². The Morgan fingerprint density at radius 3 is 2.79 bits per heavy atom. The van der Waals surface area contributed by atoms with Gasteiger partial charge in [0.15, 0.2) is 0 Å². The molecule has 0 aliphatic rings. The van der Waals surface area contributed by atoms with Crippen molar-refractivity contribution >= 4 is 10.9 Å². The fraction of sp³-hybridized carbons (Fsp3) is 0.263. The van der Waals surface area contributed by atoms with Gasteiger partial charge in [-0.15, -0.1) is 0 Å². The summed E-state index contributed by atoms with van der Waals surface area (Å²) in [6.45, 7) is 4.24. The molecule has 24 heavy (non-hydrogen) atoms. The highest BCUT2D eigenvalue weighted by molar-refractivity contribution is 5.76. The molecule has 1 aromatic heterocycles. The first-order valence-electron chi connectivity index (χ1n) is 7.87. The first-order chi connectivity index (χ1) is 11.5. The highest BCUT2D eigenvalue weighted by Gasteiger charge is 2.11. The van der Waals surface area contributed by atoms with Crippen molar-refractivity contribution in [2.24, 2.45) is 0 Å². The van der Waals surface area contributed by atoms with E-state index >= 15 is 0 Å². The third-order valence-corrected chi connectivity index (χ3v) is 3.90. The second kappa shape index (κ2) is 6.84. The molecular weight excluding hydrogens is 304 g/mol. The van der Waals surface area contributed by atoms with Crippen molar-refractivity contribution in [3.05, 3.63) is 70.3 Å². The minimum atomic E-state index is -0.800. The lowest BCUT2D eigenvalue weighted by atomic mass is 10.1. The number of hydrogen-bond acceptors (Lipinski definition) is 4. The van der Waals surface area contributed by atoms with Crippen LogP contribution >= 0.6 is 0 Å². The Bertz CT molecular complexity index is 918. The molecule has 1 heterocycles. The maximum atomic E-state index is 12.4. The SMILES string of the molecule is Cc1ccc(OCC(O)Cn2cnc3ccccc3c2=O)c(C)c1. The molecule has 0 aliphatic carbocycles. The summed E-state index contributed by atoms with van der Waals surface area (Å²) in [4.78, 5) is 16.6. The number of aliphatic hydroxyl groups excluding tert-OH is 1. The molecule has 0 amide bonds. The van der Waals surface area contributed by atoms with E-state index < -0.39 is 6.10 Å². The fourth-order valence-corrected chi connectivity index (χ4v) is 2.66. The van der Waals surface area contributed by atoms with Gasteiger partial charge in [-0.1, -0.05) is 29.8 Å². The maximum Gasteiger partial charge on any atom is 0.261 e. The quantitative estimate of drug-likeness (QED) is 0.783. The summed E-state index contributed by atoms with van der Waals surface area (Å²) in [6, 6.07) is 13.1. The Morgan fingerprint density at radius 1 is 1.21 bits per heavy atom. The maximum absolute atomic E-state index is 12.4. The highest BCUT2D eigenvalue weighted by Crippen LogP contribution is 2.18. The Labute approximate surface area is 140 Å². The zero-order valence-corrected chi connectivity index (χ0v) is 13.8. The van der Waals surface area contributed by atoms with Crippen LogP contribution in [0.2, 0.25) is 0 Å². The number of hydrogen-bond donors (Lipinski definition) is 1. The van der Waals surface area contributed by atoms with E-state index in [-0.39, 0.29) is 18.7 Å².